The first-order chi connectivity index (χ1) is 19.8. The molecule has 6 nitrogen and oxygen atoms in total. The molecule has 0 N–H and O–H groups in total. The number of nitrogens with zero attached hydrogens (tertiary/aromatic N) is 2. The van der Waals surface area contributed by atoms with Crippen LogP contribution in [0.2, 0.25) is 10.0 Å². The van der Waals surface area contributed by atoms with Gasteiger partial charge in [0.2, 0.25) is 0 Å². The van der Waals surface area contributed by atoms with Crippen molar-refractivity contribution in [1.82, 2.24) is 9.80 Å². The zero-order valence-electron chi connectivity index (χ0n) is 24.0. The number of benzene rings is 3. The third-order valence-electron chi connectivity index (χ3n) is 7.98. The van der Waals surface area contributed by atoms with Crippen molar-refractivity contribution < 1.29 is 19.0 Å². The third-order valence-corrected chi connectivity index (χ3v) is 8.54. The molecule has 0 aromatic heterocycles. The molecule has 41 heavy (non-hydrogen) atoms. The van der Waals surface area contributed by atoms with Gasteiger partial charge in [0, 0.05) is 37.3 Å². The van der Waals surface area contributed by atoms with Gasteiger partial charge in [-0.15, -0.1) is 0 Å². The topological polar surface area (TPSA) is 51.2 Å². The molecule has 8 heteroatoms. The zero-order chi connectivity index (χ0) is 28.9. The molecule has 1 amide bonds. The highest BCUT2D eigenvalue weighted by molar-refractivity contribution is 6.37. The van der Waals surface area contributed by atoms with Crippen LogP contribution in [0.3, 0.4) is 0 Å². The summed E-state index contributed by atoms with van der Waals surface area (Å²) in [6, 6.07) is 17.9. The fourth-order valence-electron chi connectivity index (χ4n) is 5.60. The standard InChI is InChI=1S/C33H38Cl2N2O4/c1-22-19-29(34)32(30(35)20-22)41-18-17-40-28-11-7-24(8-12-28)33(38)37(26-9-10-26)27-13-15-36(16-14-27)21-25-5-4-6-31(39-3)23(25)2/h4-8,11-12,19-20,26-27H,9-10,13-18,21H2,1-3H3. The fraction of sp³-hybridized carbons (Fsp3) is 0.424. The van der Waals surface area contributed by atoms with Crippen LogP contribution in [-0.2, 0) is 6.54 Å². The van der Waals surface area contributed by atoms with Gasteiger partial charge in [-0.25, -0.2) is 0 Å². The van der Waals surface area contributed by atoms with Crippen molar-refractivity contribution in [2.75, 3.05) is 33.4 Å². The van der Waals surface area contributed by atoms with E-state index in [1.165, 1.54) is 11.1 Å². The largest absolute Gasteiger partial charge is 0.496 e. The van der Waals surface area contributed by atoms with Crippen LogP contribution < -0.4 is 14.2 Å². The molecule has 1 heterocycles. The zero-order valence-corrected chi connectivity index (χ0v) is 25.5. The average molecular weight is 598 g/mol. The van der Waals surface area contributed by atoms with Gasteiger partial charge in [-0.2, -0.15) is 0 Å². The Hall–Kier alpha value is -2.93. The number of rotatable bonds is 11. The maximum absolute atomic E-state index is 13.6. The van der Waals surface area contributed by atoms with Crippen molar-refractivity contribution in [1.29, 1.82) is 0 Å². The van der Waals surface area contributed by atoms with Gasteiger partial charge >= 0.3 is 0 Å². The number of hydrogen-bond acceptors (Lipinski definition) is 5. The molecule has 0 bridgehead atoms. The first-order valence-corrected chi connectivity index (χ1v) is 15.1. The molecule has 3 aromatic carbocycles. The van der Waals surface area contributed by atoms with E-state index < -0.39 is 0 Å². The minimum absolute atomic E-state index is 0.119. The summed E-state index contributed by atoms with van der Waals surface area (Å²) in [5.41, 5.74) is 4.18. The van der Waals surface area contributed by atoms with E-state index in [1.54, 1.807) is 7.11 Å². The summed E-state index contributed by atoms with van der Waals surface area (Å²) in [6.45, 7) is 7.54. The molecule has 0 spiro atoms. The summed E-state index contributed by atoms with van der Waals surface area (Å²) < 4.78 is 17.1. The number of methoxy groups -OCH3 is 1. The molecular formula is C33H38Cl2N2O4. The van der Waals surface area contributed by atoms with Crippen molar-refractivity contribution in [2.24, 2.45) is 0 Å². The lowest BCUT2D eigenvalue weighted by Gasteiger charge is -2.39. The number of aryl methyl sites for hydroxylation is 1. The second-order valence-electron chi connectivity index (χ2n) is 11.0. The van der Waals surface area contributed by atoms with Crippen LogP contribution in [-0.4, -0.2) is 61.2 Å². The lowest BCUT2D eigenvalue weighted by atomic mass is 10.00. The molecule has 1 aliphatic heterocycles. The Morgan fingerprint density at radius 2 is 1.54 bits per heavy atom. The predicted octanol–water partition coefficient (Wildman–Crippen LogP) is 7.35. The fourth-order valence-corrected chi connectivity index (χ4v) is 6.31. The Morgan fingerprint density at radius 1 is 0.902 bits per heavy atom. The number of halogens is 2. The molecule has 0 unspecified atom stereocenters. The van der Waals surface area contributed by atoms with Crippen LogP contribution in [0, 0.1) is 13.8 Å². The molecule has 3 aromatic rings. The number of carbonyl (C=O) groups is 1. The van der Waals surface area contributed by atoms with Gasteiger partial charge in [-0.05, 0) is 98.7 Å². The minimum atomic E-state index is 0.119. The van der Waals surface area contributed by atoms with E-state index in [2.05, 4.69) is 28.9 Å². The van der Waals surface area contributed by atoms with Gasteiger partial charge < -0.3 is 19.1 Å². The number of hydrogen-bond donors (Lipinski definition) is 0. The Labute approximate surface area is 253 Å². The molecule has 2 aliphatic rings. The van der Waals surface area contributed by atoms with Gasteiger partial charge in [0.25, 0.3) is 5.91 Å². The quantitative estimate of drug-likeness (QED) is 0.217. The maximum Gasteiger partial charge on any atom is 0.254 e. The molecule has 5 rings (SSSR count). The number of ether oxygens (including phenoxy) is 3. The SMILES string of the molecule is COc1cccc(CN2CCC(N(C(=O)c3ccc(OCCOc4c(Cl)cc(C)cc4Cl)cc3)C3CC3)CC2)c1C. The monoisotopic (exact) mass is 596 g/mol. The van der Waals surface area contributed by atoms with Crippen molar-refractivity contribution in [3.63, 3.8) is 0 Å². The van der Waals surface area contributed by atoms with Crippen LogP contribution in [0.1, 0.15) is 52.7 Å². The van der Waals surface area contributed by atoms with E-state index in [0.29, 0.717) is 46.4 Å². The van der Waals surface area contributed by atoms with Crippen molar-refractivity contribution >= 4 is 29.1 Å². The van der Waals surface area contributed by atoms with Crippen LogP contribution in [0.15, 0.2) is 54.6 Å². The molecule has 2 fully saturated rings. The molecule has 1 saturated carbocycles. The van der Waals surface area contributed by atoms with Crippen LogP contribution in [0.25, 0.3) is 0 Å². The van der Waals surface area contributed by atoms with E-state index in [1.807, 2.05) is 49.4 Å². The van der Waals surface area contributed by atoms with Gasteiger partial charge in [-0.3, -0.25) is 9.69 Å². The van der Waals surface area contributed by atoms with Crippen molar-refractivity contribution in [2.45, 2.75) is 58.2 Å². The molecule has 1 saturated heterocycles. The van der Waals surface area contributed by atoms with Gasteiger partial charge in [0.05, 0.1) is 17.2 Å². The normalized spacial score (nSPS) is 15.9. The smallest absolute Gasteiger partial charge is 0.254 e. The van der Waals surface area contributed by atoms with Crippen LogP contribution >= 0.6 is 23.2 Å². The number of likely N-dealkylation sites (tertiary alicyclic amines) is 1. The van der Waals surface area contributed by atoms with E-state index in [-0.39, 0.29) is 11.9 Å². The minimum Gasteiger partial charge on any atom is -0.496 e. The van der Waals surface area contributed by atoms with Crippen molar-refractivity contribution in [3.8, 4) is 17.2 Å². The summed E-state index contributed by atoms with van der Waals surface area (Å²) in [4.78, 5) is 18.3. The first-order valence-electron chi connectivity index (χ1n) is 14.3. The summed E-state index contributed by atoms with van der Waals surface area (Å²) in [5.74, 6) is 2.20. The number of piperidine rings is 1. The van der Waals surface area contributed by atoms with E-state index >= 15 is 0 Å². The molecule has 218 valence electrons. The Kier molecular flexibility index (Phi) is 9.64. The molecular weight excluding hydrogens is 559 g/mol. The highest BCUT2D eigenvalue weighted by Gasteiger charge is 2.39. The Bertz CT molecular complexity index is 1330. The second-order valence-corrected chi connectivity index (χ2v) is 11.8. The van der Waals surface area contributed by atoms with Crippen LogP contribution in [0.5, 0.6) is 17.2 Å². The number of carbonyl (C=O) groups excluding carboxylic acids is 1. The van der Waals surface area contributed by atoms with E-state index in [0.717, 1.165) is 56.6 Å². The second kappa shape index (κ2) is 13.4. The van der Waals surface area contributed by atoms with Crippen LogP contribution in [0.4, 0.5) is 0 Å². The summed E-state index contributed by atoms with van der Waals surface area (Å²) in [7, 11) is 1.72. The highest BCUT2D eigenvalue weighted by Crippen LogP contribution is 2.35. The Balaban J connectivity index is 1.13. The summed E-state index contributed by atoms with van der Waals surface area (Å²) in [6.07, 6.45) is 4.15. The predicted molar refractivity (Wildman–Crippen MR) is 164 cm³/mol. The lowest BCUT2D eigenvalue weighted by Crippen LogP contribution is -2.48. The number of amides is 1. The van der Waals surface area contributed by atoms with E-state index in [4.69, 9.17) is 37.4 Å². The van der Waals surface area contributed by atoms with Gasteiger partial charge in [-0.1, -0.05) is 35.3 Å². The summed E-state index contributed by atoms with van der Waals surface area (Å²) >= 11 is 12.5. The van der Waals surface area contributed by atoms with Crippen molar-refractivity contribution in [3.05, 3.63) is 86.9 Å². The summed E-state index contributed by atoms with van der Waals surface area (Å²) in [5, 5.41) is 0.964. The Morgan fingerprint density at radius 3 is 2.17 bits per heavy atom. The lowest BCUT2D eigenvalue weighted by molar-refractivity contribution is 0.0542. The highest BCUT2D eigenvalue weighted by atomic mass is 35.5. The van der Waals surface area contributed by atoms with E-state index in [9.17, 15) is 4.79 Å². The maximum atomic E-state index is 13.6. The average Bonchev–Trinajstić information content (AvgIpc) is 3.80. The molecule has 1 aliphatic carbocycles. The molecule has 0 atom stereocenters. The van der Waals surface area contributed by atoms with Gasteiger partial charge in [0.15, 0.2) is 5.75 Å². The van der Waals surface area contributed by atoms with Gasteiger partial charge in [0.1, 0.15) is 24.7 Å². The first kappa shape index (κ1) is 29.6. The molecule has 0 radical (unpaired) electrons. The third kappa shape index (κ3) is 7.29.